The summed E-state index contributed by atoms with van der Waals surface area (Å²) >= 11 is 4.79. The number of ether oxygens (including phenoxy) is 1. The summed E-state index contributed by atoms with van der Waals surface area (Å²) < 4.78 is 6.89. The van der Waals surface area contributed by atoms with E-state index in [1.54, 1.807) is 7.05 Å². The number of nitrogens with zero attached hydrogens (tertiary/aromatic N) is 3. The van der Waals surface area contributed by atoms with Crippen LogP contribution in [0.1, 0.15) is 31.9 Å². The number of likely N-dealkylation sites (N-methyl/N-ethyl adjacent to an activating group) is 1. The van der Waals surface area contributed by atoms with Gasteiger partial charge in [-0.3, -0.25) is 9.69 Å². The van der Waals surface area contributed by atoms with Crippen LogP contribution < -0.4 is 9.64 Å². The lowest BCUT2D eigenvalue weighted by Crippen LogP contribution is -2.31. The molecule has 0 atom stereocenters. The molecule has 7 heteroatoms. The van der Waals surface area contributed by atoms with E-state index in [0.29, 0.717) is 5.13 Å². The molecular formula is C22H24BrN3O2S. The zero-order chi connectivity index (χ0) is 21.2. The molecule has 0 saturated carbocycles. The molecule has 0 aliphatic heterocycles. The minimum absolute atomic E-state index is 0.0597. The number of amides is 1. The molecule has 2 aromatic carbocycles. The molecule has 0 bridgehead atoms. The second-order valence-electron chi connectivity index (χ2n) is 7.89. The minimum atomic E-state index is -0.177. The predicted octanol–water partition coefficient (Wildman–Crippen LogP) is 5.62. The molecule has 0 N–H and O–H groups in total. The largest absolute Gasteiger partial charge is 0.483 e. The third kappa shape index (κ3) is 5.22. The van der Waals surface area contributed by atoms with Crippen molar-refractivity contribution >= 4 is 38.3 Å². The first kappa shape index (κ1) is 21.5. The Morgan fingerprint density at radius 1 is 1.14 bits per heavy atom. The van der Waals surface area contributed by atoms with E-state index >= 15 is 0 Å². The number of carbonyl (C=O) groups is 1. The summed E-state index contributed by atoms with van der Waals surface area (Å²) in [5.41, 5.74) is 3.14. The first-order valence-corrected chi connectivity index (χ1v) is 10.9. The van der Waals surface area contributed by atoms with Crippen molar-refractivity contribution in [3.63, 3.8) is 0 Å². The Morgan fingerprint density at radius 2 is 1.83 bits per heavy atom. The minimum Gasteiger partial charge on any atom is -0.483 e. The van der Waals surface area contributed by atoms with Crippen molar-refractivity contribution < 1.29 is 9.53 Å². The van der Waals surface area contributed by atoms with Gasteiger partial charge in [-0.05, 0) is 36.1 Å². The lowest BCUT2D eigenvalue weighted by Gasteiger charge is -2.23. The van der Waals surface area contributed by atoms with Gasteiger partial charge in [-0.15, -0.1) is 10.2 Å². The number of hydrogen-bond acceptors (Lipinski definition) is 5. The molecule has 1 amide bonds. The summed E-state index contributed by atoms with van der Waals surface area (Å²) in [6.07, 6.45) is 0. The number of anilines is 1. The molecule has 0 aliphatic carbocycles. The van der Waals surface area contributed by atoms with Gasteiger partial charge in [0.25, 0.3) is 5.91 Å². The van der Waals surface area contributed by atoms with Gasteiger partial charge >= 0.3 is 0 Å². The molecule has 0 unspecified atom stereocenters. The smallest absolute Gasteiger partial charge is 0.266 e. The molecule has 3 aromatic rings. The molecule has 3 rings (SSSR count). The standard InChI is InChI=1S/C22H24BrN3O2S/c1-14-6-11-18(17(12-14)22(2,3)4)28-13-19(27)26(5)21-25-24-20(29-21)15-7-9-16(23)10-8-15/h6-12H,13H2,1-5H3. The molecule has 0 saturated heterocycles. The second kappa shape index (κ2) is 8.63. The quantitative estimate of drug-likeness (QED) is 0.482. The highest BCUT2D eigenvalue weighted by molar-refractivity contribution is 9.10. The monoisotopic (exact) mass is 473 g/mol. The highest BCUT2D eigenvalue weighted by Crippen LogP contribution is 2.32. The van der Waals surface area contributed by atoms with Crippen LogP contribution in [0.15, 0.2) is 46.9 Å². The Labute approximate surface area is 183 Å². The number of aromatic nitrogens is 2. The first-order valence-electron chi connectivity index (χ1n) is 9.25. The summed E-state index contributed by atoms with van der Waals surface area (Å²) in [6, 6.07) is 13.9. The zero-order valence-corrected chi connectivity index (χ0v) is 19.6. The molecule has 1 heterocycles. The fourth-order valence-electron chi connectivity index (χ4n) is 2.76. The predicted molar refractivity (Wildman–Crippen MR) is 122 cm³/mol. The Hall–Kier alpha value is -2.25. The third-order valence-corrected chi connectivity index (χ3v) is 6.04. The first-order chi connectivity index (χ1) is 13.6. The van der Waals surface area contributed by atoms with E-state index in [1.165, 1.54) is 21.8 Å². The van der Waals surface area contributed by atoms with E-state index in [2.05, 4.69) is 59.9 Å². The Balaban J connectivity index is 1.70. The van der Waals surface area contributed by atoms with Crippen LogP contribution in [0.25, 0.3) is 10.6 Å². The SMILES string of the molecule is Cc1ccc(OCC(=O)N(C)c2nnc(-c3ccc(Br)cc3)s2)c(C(C)(C)C)c1. The number of carbonyl (C=O) groups excluding carboxylic acids is 1. The maximum atomic E-state index is 12.7. The van der Waals surface area contributed by atoms with Gasteiger partial charge in [0.05, 0.1) is 0 Å². The van der Waals surface area contributed by atoms with Crippen LogP contribution in [0.2, 0.25) is 0 Å². The molecule has 1 aromatic heterocycles. The maximum Gasteiger partial charge on any atom is 0.266 e. The topological polar surface area (TPSA) is 55.3 Å². The van der Waals surface area contributed by atoms with Gasteiger partial charge in [-0.2, -0.15) is 0 Å². The molecule has 0 fully saturated rings. The van der Waals surface area contributed by atoms with E-state index in [4.69, 9.17) is 4.74 Å². The number of halogens is 1. The van der Waals surface area contributed by atoms with Crippen LogP contribution in [-0.4, -0.2) is 29.8 Å². The van der Waals surface area contributed by atoms with Crippen LogP contribution in [-0.2, 0) is 10.2 Å². The van der Waals surface area contributed by atoms with Gasteiger partial charge < -0.3 is 4.74 Å². The van der Waals surface area contributed by atoms with Crippen molar-refractivity contribution in [3.05, 3.63) is 58.1 Å². The van der Waals surface area contributed by atoms with Crippen molar-refractivity contribution in [1.82, 2.24) is 10.2 Å². The van der Waals surface area contributed by atoms with E-state index < -0.39 is 0 Å². The second-order valence-corrected chi connectivity index (χ2v) is 9.76. The van der Waals surface area contributed by atoms with Gasteiger partial charge in [0.15, 0.2) is 6.61 Å². The number of aryl methyl sites for hydroxylation is 1. The summed E-state index contributed by atoms with van der Waals surface area (Å²) in [7, 11) is 1.69. The highest BCUT2D eigenvalue weighted by Gasteiger charge is 2.21. The summed E-state index contributed by atoms with van der Waals surface area (Å²) in [5, 5.41) is 9.68. The van der Waals surface area contributed by atoms with Crippen molar-refractivity contribution in [2.24, 2.45) is 0 Å². The molecular weight excluding hydrogens is 450 g/mol. The molecule has 0 aliphatic rings. The lowest BCUT2D eigenvalue weighted by atomic mass is 9.85. The molecule has 0 spiro atoms. The van der Waals surface area contributed by atoms with Crippen molar-refractivity contribution in [1.29, 1.82) is 0 Å². The van der Waals surface area contributed by atoms with Crippen LogP contribution >= 0.6 is 27.3 Å². The van der Waals surface area contributed by atoms with Gasteiger partial charge in [-0.25, -0.2) is 0 Å². The molecule has 0 radical (unpaired) electrons. The van der Waals surface area contributed by atoms with Gasteiger partial charge in [0.2, 0.25) is 5.13 Å². The van der Waals surface area contributed by atoms with E-state index in [1.807, 2.05) is 36.4 Å². The summed E-state index contributed by atoms with van der Waals surface area (Å²) in [4.78, 5) is 14.2. The zero-order valence-electron chi connectivity index (χ0n) is 17.2. The summed E-state index contributed by atoms with van der Waals surface area (Å²) in [6.45, 7) is 8.39. The van der Waals surface area contributed by atoms with Crippen molar-refractivity contribution in [3.8, 4) is 16.3 Å². The van der Waals surface area contributed by atoms with Crippen LogP contribution in [0, 0.1) is 6.92 Å². The van der Waals surface area contributed by atoms with Crippen molar-refractivity contribution in [2.75, 3.05) is 18.6 Å². The van der Waals surface area contributed by atoms with Crippen LogP contribution in [0.5, 0.6) is 5.75 Å². The van der Waals surface area contributed by atoms with E-state index in [-0.39, 0.29) is 17.9 Å². The average molecular weight is 474 g/mol. The van der Waals surface area contributed by atoms with Gasteiger partial charge in [0.1, 0.15) is 10.8 Å². The fraction of sp³-hybridized carbons (Fsp3) is 0.318. The lowest BCUT2D eigenvalue weighted by molar-refractivity contribution is -0.120. The van der Waals surface area contributed by atoms with Crippen LogP contribution in [0.4, 0.5) is 5.13 Å². The Morgan fingerprint density at radius 3 is 2.48 bits per heavy atom. The third-order valence-electron chi connectivity index (χ3n) is 4.46. The molecule has 5 nitrogen and oxygen atoms in total. The Kier molecular flexibility index (Phi) is 6.39. The van der Waals surface area contributed by atoms with Crippen molar-refractivity contribution in [2.45, 2.75) is 33.1 Å². The average Bonchev–Trinajstić information content (AvgIpc) is 3.16. The highest BCUT2D eigenvalue weighted by atomic mass is 79.9. The van der Waals surface area contributed by atoms with Gasteiger partial charge in [0, 0.05) is 17.1 Å². The summed E-state index contributed by atoms with van der Waals surface area (Å²) in [5.74, 6) is 0.557. The fourth-order valence-corrected chi connectivity index (χ4v) is 3.85. The molecule has 152 valence electrons. The molecule has 29 heavy (non-hydrogen) atoms. The number of rotatable bonds is 5. The number of benzene rings is 2. The van der Waals surface area contributed by atoms with E-state index in [9.17, 15) is 4.79 Å². The van der Waals surface area contributed by atoms with E-state index in [0.717, 1.165) is 26.4 Å². The Bertz CT molecular complexity index is 1010. The maximum absolute atomic E-state index is 12.7. The number of hydrogen-bond donors (Lipinski definition) is 0. The van der Waals surface area contributed by atoms with Crippen LogP contribution in [0.3, 0.4) is 0 Å². The normalized spacial score (nSPS) is 11.4. The van der Waals surface area contributed by atoms with Gasteiger partial charge in [-0.1, -0.05) is 77.9 Å².